The molecule has 0 atom stereocenters. The van der Waals surface area contributed by atoms with Gasteiger partial charge in [-0.1, -0.05) is 12.1 Å². The standard InChI is InChI=1S/C11H17N3O/c1-4-13-11(12)14(2)9-7-5-6-8-10(9)15-3/h5-8H,4H2,1-3H3,(H2,12,13). The summed E-state index contributed by atoms with van der Waals surface area (Å²) in [5, 5.41) is 0. The lowest BCUT2D eigenvalue weighted by atomic mass is 10.3. The number of hydrogen-bond donors (Lipinski definition) is 1. The first-order chi connectivity index (χ1) is 7.20. The largest absolute Gasteiger partial charge is 0.495 e. The van der Waals surface area contributed by atoms with Crippen molar-refractivity contribution in [3.05, 3.63) is 24.3 Å². The van der Waals surface area contributed by atoms with Crippen molar-refractivity contribution in [3.63, 3.8) is 0 Å². The van der Waals surface area contributed by atoms with E-state index >= 15 is 0 Å². The van der Waals surface area contributed by atoms with Crippen LogP contribution in [0.2, 0.25) is 0 Å². The lowest BCUT2D eigenvalue weighted by Gasteiger charge is -2.20. The van der Waals surface area contributed by atoms with Gasteiger partial charge in [-0.25, -0.2) is 0 Å². The molecular formula is C11H17N3O. The molecule has 0 unspecified atom stereocenters. The molecular weight excluding hydrogens is 190 g/mol. The Labute approximate surface area is 90.4 Å². The predicted molar refractivity (Wildman–Crippen MR) is 63.6 cm³/mol. The highest BCUT2D eigenvalue weighted by Gasteiger charge is 2.09. The van der Waals surface area contributed by atoms with E-state index in [9.17, 15) is 0 Å². The Hall–Kier alpha value is -1.71. The zero-order valence-electron chi connectivity index (χ0n) is 9.40. The molecule has 0 radical (unpaired) electrons. The summed E-state index contributed by atoms with van der Waals surface area (Å²) in [6.07, 6.45) is 0. The second-order valence-corrected chi connectivity index (χ2v) is 3.06. The highest BCUT2D eigenvalue weighted by Crippen LogP contribution is 2.26. The number of guanidine groups is 1. The van der Waals surface area contributed by atoms with Gasteiger partial charge >= 0.3 is 0 Å². The highest BCUT2D eigenvalue weighted by atomic mass is 16.5. The molecule has 4 nitrogen and oxygen atoms in total. The van der Waals surface area contributed by atoms with Crippen LogP contribution in [0, 0.1) is 0 Å². The van der Waals surface area contributed by atoms with Gasteiger partial charge in [0, 0.05) is 13.6 Å². The second-order valence-electron chi connectivity index (χ2n) is 3.06. The van der Waals surface area contributed by atoms with Crippen LogP contribution >= 0.6 is 0 Å². The highest BCUT2D eigenvalue weighted by molar-refractivity contribution is 5.95. The van der Waals surface area contributed by atoms with E-state index < -0.39 is 0 Å². The molecule has 0 fully saturated rings. The van der Waals surface area contributed by atoms with Crippen LogP contribution in [0.15, 0.2) is 29.3 Å². The maximum atomic E-state index is 5.80. The number of anilines is 1. The van der Waals surface area contributed by atoms with Crippen molar-refractivity contribution in [2.24, 2.45) is 10.7 Å². The van der Waals surface area contributed by atoms with E-state index in [0.717, 1.165) is 11.4 Å². The quantitative estimate of drug-likeness (QED) is 0.603. The van der Waals surface area contributed by atoms with Crippen molar-refractivity contribution in [2.45, 2.75) is 6.92 Å². The Balaban J connectivity index is 2.99. The van der Waals surface area contributed by atoms with Crippen molar-refractivity contribution >= 4 is 11.6 Å². The van der Waals surface area contributed by atoms with E-state index in [1.165, 1.54) is 0 Å². The number of benzene rings is 1. The average Bonchev–Trinajstić information content (AvgIpc) is 2.28. The number of methoxy groups -OCH3 is 1. The van der Waals surface area contributed by atoms with Gasteiger partial charge in [-0.15, -0.1) is 0 Å². The summed E-state index contributed by atoms with van der Waals surface area (Å²) in [6, 6.07) is 7.69. The molecule has 1 aromatic rings. The first-order valence-corrected chi connectivity index (χ1v) is 4.87. The molecule has 0 heterocycles. The average molecular weight is 207 g/mol. The maximum Gasteiger partial charge on any atom is 0.195 e. The second kappa shape index (κ2) is 5.24. The fraction of sp³-hybridized carbons (Fsp3) is 0.364. The molecule has 1 rings (SSSR count). The Bertz CT molecular complexity index is 349. The molecule has 0 saturated carbocycles. The van der Waals surface area contributed by atoms with Crippen molar-refractivity contribution < 1.29 is 4.74 Å². The van der Waals surface area contributed by atoms with E-state index in [1.807, 2.05) is 43.1 Å². The number of nitrogens with two attached hydrogens (primary N) is 1. The molecule has 4 heteroatoms. The van der Waals surface area contributed by atoms with Crippen LogP contribution in [-0.4, -0.2) is 26.7 Å². The molecule has 0 spiro atoms. The Kier molecular flexibility index (Phi) is 3.97. The fourth-order valence-corrected chi connectivity index (χ4v) is 1.30. The molecule has 1 aromatic carbocycles. The van der Waals surface area contributed by atoms with Gasteiger partial charge in [-0.3, -0.25) is 4.99 Å². The minimum Gasteiger partial charge on any atom is -0.495 e. The fourth-order valence-electron chi connectivity index (χ4n) is 1.30. The number of hydrogen-bond acceptors (Lipinski definition) is 2. The van der Waals surface area contributed by atoms with E-state index in [-0.39, 0.29) is 0 Å². The van der Waals surface area contributed by atoms with Crippen molar-refractivity contribution in [1.82, 2.24) is 0 Å². The minimum absolute atomic E-state index is 0.488. The van der Waals surface area contributed by atoms with Crippen LogP contribution < -0.4 is 15.4 Å². The van der Waals surface area contributed by atoms with Gasteiger partial charge in [-0.2, -0.15) is 0 Å². The molecule has 82 valence electrons. The van der Waals surface area contributed by atoms with E-state index in [4.69, 9.17) is 10.5 Å². The van der Waals surface area contributed by atoms with E-state index in [1.54, 1.807) is 7.11 Å². The third-order valence-electron chi connectivity index (χ3n) is 2.11. The molecule has 15 heavy (non-hydrogen) atoms. The van der Waals surface area contributed by atoms with Gasteiger partial charge in [0.15, 0.2) is 5.96 Å². The minimum atomic E-state index is 0.488. The molecule has 0 aliphatic rings. The predicted octanol–water partition coefficient (Wildman–Crippen LogP) is 1.47. The van der Waals surface area contributed by atoms with Gasteiger partial charge in [0.05, 0.1) is 12.8 Å². The number of aliphatic imine (C=N–C) groups is 1. The van der Waals surface area contributed by atoms with Crippen molar-refractivity contribution in [2.75, 3.05) is 25.6 Å². The SMILES string of the molecule is CCN=C(N)N(C)c1ccccc1OC. The third kappa shape index (κ3) is 2.62. The summed E-state index contributed by atoms with van der Waals surface area (Å²) in [6.45, 7) is 2.62. The van der Waals surface area contributed by atoms with Gasteiger partial charge in [0.2, 0.25) is 0 Å². The number of ether oxygens (including phenoxy) is 1. The van der Waals surface area contributed by atoms with Gasteiger partial charge in [-0.05, 0) is 19.1 Å². The zero-order chi connectivity index (χ0) is 11.3. The van der Waals surface area contributed by atoms with Crippen molar-refractivity contribution in [1.29, 1.82) is 0 Å². The van der Waals surface area contributed by atoms with Crippen LogP contribution in [-0.2, 0) is 0 Å². The zero-order valence-corrected chi connectivity index (χ0v) is 9.40. The van der Waals surface area contributed by atoms with Gasteiger partial charge < -0.3 is 15.4 Å². The maximum absolute atomic E-state index is 5.80. The molecule has 0 bridgehead atoms. The molecule has 0 aliphatic carbocycles. The molecule has 0 aliphatic heterocycles. The van der Waals surface area contributed by atoms with E-state index in [0.29, 0.717) is 12.5 Å². The number of para-hydroxylation sites is 2. The summed E-state index contributed by atoms with van der Waals surface area (Å²) in [5.41, 5.74) is 6.72. The van der Waals surface area contributed by atoms with Crippen LogP contribution in [0.1, 0.15) is 6.92 Å². The number of nitrogens with zero attached hydrogens (tertiary/aromatic N) is 2. The third-order valence-corrected chi connectivity index (χ3v) is 2.11. The first kappa shape index (κ1) is 11.4. The summed E-state index contributed by atoms with van der Waals surface area (Å²) < 4.78 is 5.24. The molecule has 2 N–H and O–H groups in total. The molecule has 0 aromatic heterocycles. The Morgan fingerprint density at radius 3 is 2.73 bits per heavy atom. The summed E-state index contributed by atoms with van der Waals surface area (Å²) in [5.74, 6) is 1.27. The molecule has 0 saturated heterocycles. The molecule has 0 amide bonds. The summed E-state index contributed by atoms with van der Waals surface area (Å²) in [7, 11) is 3.51. The van der Waals surface area contributed by atoms with Gasteiger partial charge in [0.1, 0.15) is 5.75 Å². The van der Waals surface area contributed by atoms with Crippen LogP contribution in [0.4, 0.5) is 5.69 Å². The lowest BCUT2D eigenvalue weighted by Crippen LogP contribution is -2.34. The lowest BCUT2D eigenvalue weighted by molar-refractivity contribution is 0.416. The van der Waals surface area contributed by atoms with Gasteiger partial charge in [0.25, 0.3) is 0 Å². The normalized spacial score (nSPS) is 11.3. The topological polar surface area (TPSA) is 50.8 Å². The Morgan fingerprint density at radius 2 is 2.13 bits per heavy atom. The van der Waals surface area contributed by atoms with E-state index in [2.05, 4.69) is 4.99 Å². The van der Waals surface area contributed by atoms with Crippen LogP contribution in [0.5, 0.6) is 5.75 Å². The smallest absolute Gasteiger partial charge is 0.195 e. The summed E-state index contributed by atoms with van der Waals surface area (Å²) >= 11 is 0. The van der Waals surface area contributed by atoms with Crippen molar-refractivity contribution in [3.8, 4) is 5.75 Å². The Morgan fingerprint density at radius 1 is 1.47 bits per heavy atom. The van der Waals surface area contributed by atoms with Crippen LogP contribution in [0.3, 0.4) is 0 Å². The number of rotatable bonds is 3. The summed E-state index contributed by atoms with van der Waals surface area (Å²) in [4.78, 5) is 5.95. The monoisotopic (exact) mass is 207 g/mol. The van der Waals surface area contributed by atoms with Crippen LogP contribution in [0.25, 0.3) is 0 Å². The first-order valence-electron chi connectivity index (χ1n) is 4.87.